The molecule has 0 saturated heterocycles. The van der Waals surface area contributed by atoms with Crippen molar-refractivity contribution >= 4 is 17.7 Å². The number of carboxylic acid groups (broad SMARTS) is 1. The first-order valence-electron chi connectivity index (χ1n) is 6.18. The highest BCUT2D eigenvalue weighted by Crippen LogP contribution is 2.24. The first kappa shape index (κ1) is 16.4. The van der Waals surface area contributed by atoms with Gasteiger partial charge >= 0.3 is 5.97 Å². The maximum Gasteiger partial charge on any atom is 0.328 e. The molecule has 0 aromatic heterocycles. The van der Waals surface area contributed by atoms with Crippen LogP contribution in [0, 0.1) is 0 Å². The molecule has 0 aliphatic rings. The maximum atomic E-state index is 11.5. The molecule has 0 saturated carbocycles. The van der Waals surface area contributed by atoms with E-state index in [0.29, 0.717) is 25.1 Å². The Labute approximate surface area is 122 Å². The van der Waals surface area contributed by atoms with E-state index in [4.69, 9.17) is 5.53 Å². The molecule has 0 heterocycles. The highest BCUT2D eigenvalue weighted by atomic mass is 32.2. The SMILES string of the molecule is CSc1ccc(C(C)(NCCCN=[N+]=[N-])C(=O)O)cc1. The lowest BCUT2D eigenvalue weighted by atomic mass is 9.92. The average molecular weight is 294 g/mol. The minimum Gasteiger partial charge on any atom is -0.480 e. The molecule has 20 heavy (non-hydrogen) atoms. The molecule has 0 spiro atoms. The van der Waals surface area contributed by atoms with Gasteiger partial charge < -0.3 is 5.11 Å². The average Bonchev–Trinajstić information content (AvgIpc) is 2.46. The quantitative estimate of drug-likeness (QED) is 0.253. The Morgan fingerprint density at radius 3 is 2.65 bits per heavy atom. The van der Waals surface area contributed by atoms with Crippen molar-refractivity contribution in [1.82, 2.24) is 5.32 Å². The van der Waals surface area contributed by atoms with E-state index >= 15 is 0 Å². The van der Waals surface area contributed by atoms with Crippen LogP contribution in [-0.4, -0.2) is 30.4 Å². The Morgan fingerprint density at radius 1 is 1.50 bits per heavy atom. The first-order chi connectivity index (χ1) is 9.54. The minimum atomic E-state index is -1.15. The van der Waals surface area contributed by atoms with Crippen molar-refractivity contribution in [2.75, 3.05) is 19.3 Å². The van der Waals surface area contributed by atoms with Gasteiger partial charge in [0.05, 0.1) is 0 Å². The van der Waals surface area contributed by atoms with Crippen LogP contribution in [0.15, 0.2) is 34.3 Å². The molecule has 1 atom stereocenters. The Bertz CT molecular complexity index is 500. The van der Waals surface area contributed by atoms with E-state index in [1.54, 1.807) is 18.7 Å². The van der Waals surface area contributed by atoms with Gasteiger partial charge in [0, 0.05) is 16.4 Å². The number of azide groups is 1. The van der Waals surface area contributed by atoms with Gasteiger partial charge in [-0.05, 0) is 49.4 Å². The zero-order chi connectivity index (χ0) is 15.0. The van der Waals surface area contributed by atoms with Crippen molar-refractivity contribution in [3.8, 4) is 0 Å². The van der Waals surface area contributed by atoms with Crippen LogP contribution >= 0.6 is 11.8 Å². The predicted octanol–water partition coefficient (Wildman–Crippen LogP) is 3.00. The van der Waals surface area contributed by atoms with Crippen LogP contribution in [0.5, 0.6) is 0 Å². The van der Waals surface area contributed by atoms with Gasteiger partial charge in [-0.2, -0.15) is 0 Å². The lowest BCUT2D eigenvalue weighted by Gasteiger charge is -2.27. The number of rotatable bonds is 8. The van der Waals surface area contributed by atoms with Gasteiger partial charge in [0.15, 0.2) is 0 Å². The van der Waals surface area contributed by atoms with E-state index in [-0.39, 0.29) is 0 Å². The lowest BCUT2D eigenvalue weighted by Crippen LogP contribution is -2.47. The van der Waals surface area contributed by atoms with Crippen LogP contribution in [0.1, 0.15) is 18.9 Å². The number of aliphatic carboxylic acids is 1. The van der Waals surface area contributed by atoms with Crippen LogP contribution in [0.2, 0.25) is 0 Å². The van der Waals surface area contributed by atoms with E-state index < -0.39 is 11.5 Å². The van der Waals surface area contributed by atoms with E-state index in [0.717, 1.165) is 4.90 Å². The van der Waals surface area contributed by atoms with E-state index in [1.807, 2.05) is 30.5 Å². The fourth-order valence-electron chi connectivity index (χ4n) is 1.76. The van der Waals surface area contributed by atoms with E-state index in [1.165, 1.54) is 0 Å². The Balaban J connectivity index is 2.79. The third-order valence-corrected chi connectivity index (χ3v) is 3.82. The second-order valence-electron chi connectivity index (χ2n) is 4.39. The molecule has 0 fully saturated rings. The number of thioether (sulfide) groups is 1. The Morgan fingerprint density at radius 2 is 2.15 bits per heavy atom. The molecule has 0 aliphatic heterocycles. The summed E-state index contributed by atoms with van der Waals surface area (Å²) < 4.78 is 0. The van der Waals surface area contributed by atoms with Gasteiger partial charge in [-0.25, -0.2) is 4.79 Å². The summed E-state index contributed by atoms with van der Waals surface area (Å²) in [6.07, 6.45) is 2.56. The zero-order valence-electron chi connectivity index (χ0n) is 11.5. The fraction of sp³-hybridized carbons (Fsp3) is 0.462. The fourth-order valence-corrected chi connectivity index (χ4v) is 2.17. The number of nitrogens with zero attached hydrogens (tertiary/aromatic N) is 3. The van der Waals surface area contributed by atoms with Crippen LogP contribution in [0.25, 0.3) is 10.4 Å². The smallest absolute Gasteiger partial charge is 0.328 e. The number of nitrogens with one attached hydrogen (secondary N) is 1. The number of hydrogen-bond donors (Lipinski definition) is 2. The van der Waals surface area contributed by atoms with Crippen molar-refractivity contribution in [2.24, 2.45) is 5.11 Å². The molecule has 0 radical (unpaired) electrons. The summed E-state index contributed by atoms with van der Waals surface area (Å²) in [5.74, 6) is -0.932. The maximum absolute atomic E-state index is 11.5. The van der Waals surface area contributed by atoms with Gasteiger partial charge in [0.1, 0.15) is 5.54 Å². The molecule has 108 valence electrons. The van der Waals surface area contributed by atoms with E-state index in [2.05, 4.69) is 15.3 Å². The molecule has 0 amide bonds. The summed E-state index contributed by atoms with van der Waals surface area (Å²) in [6, 6.07) is 7.45. The Kier molecular flexibility index (Phi) is 6.38. The van der Waals surface area contributed by atoms with Crippen molar-refractivity contribution in [3.63, 3.8) is 0 Å². The number of carbonyl (C=O) groups is 1. The summed E-state index contributed by atoms with van der Waals surface area (Å²) in [4.78, 5) is 15.3. The standard InChI is InChI=1S/C13H18N4O2S/c1-13(12(18)19,15-8-3-9-16-17-14)10-4-6-11(20-2)7-5-10/h4-7,15H,3,8-9H2,1-2H3,(H,18,19). The molecule has 1 aromatic rings. The monoisotopic (exact) mass is 294 g/mol. The largest absolute Gasteiger partial charge is 0.480 e. The minimum absolute atomic E-state index is 0.352. The summed E-state index contributed by atoms with van der Waals surface area (Å²) in [7, 11) is 0. The summed E-state index contributed by atoms with van der Waals surface area (Å²) >= 11 is 1.61. The van der Waals surface area contributed by atoms with Crippen LogP contribution < -0.4 is 5.32 Å². The molecule has 2 N–H and O–H groups in total. The molecule has 1 aromatic carbocycles. The van der Waals surface area contributed by atoms with Gasteiger partial charge in [0.25, 0.3) is 0 Å². The number of benzene rings is 1. The molecular weight excluding hydrogens is 276 g/mol. The molecule has 6 nitrogen and oxygen atoms in total. The van der Waals surface area contributed by atoms with Crippen LogP contribution in [-0.2, 0) is 10.3 Å². The van der Waals surface area contributed by atoms with Crippen molar-refractivity contribution in [1.29, 1.82) is 0 Å². The van der Waals surface area contributed by atoms with Crippen molar-refractivity contribution < 1.29 is 9.90 Å². The van der Waals surface area contributed by atoms with Gasteiger partial charge in [-0.15, -0.1) is 11.8 Å². The Hall–Kier alpha value is -1.69. The number of carboxylic acids is 1. The lowest BCUT2D eigenvalue weighted by molar-refractivity contribution is -0.144. The normalized spacial score (nSPS) is 13.3. The third kappa shape index (κ3) is 4.16. The van der Waals surface area contributed by atoms with Crippen LogP contribution in [0.3, 0.4) is 0 Å². The number of hydrogen-bond acceptors (Lipinski definition) is 4. The highest BCUT2D eigenvalue weighted by Gasteiger charge is 2.34. The van der Waals surface area contributed by atoms with Crippen molar-refractivity contribution in [2.45, 2.75) is 23.8 Å². The summed E-state index contributed by atoms with van der Waals surface area (Å²) in [5.41, 5.74) is 7.74. The summed E-state index contributed by atoms with van der Waals surface area (Å²) in [5, 5.41) is 15.9. The van der Waals surface area contributed by atoms with Gasteiger partial charge in [-0.1, -0.05) is 17.2 Å². The third-order valence-electron chi connectivity index (χ3n) is 3.07. The predicted molar refractivity (Wildman–Crippen MR) is 79.8 cm³/mol. The molecular formula is C13H18N4O2S. The molecule has 7 heteroatoms. The van der Waals surface area contributed by atoms with E-state index in [9.17, 15) is 9.90 Å². The molecule has 0 bridgehead atoms. The molecule has 1 unspecified atom stereocenters. The second kappa shape index (κ2) is 7.79. The summed E-state index contributed by atoms with van der Waals surface area (Å²) in [6.45, 7) is 2.45. The van der Waals surface area contributed by atoms with Gasteiger partial charge in [-0.3, -0.25) is 5.32 Å². The van der Waals surface area contributed by atoms with Crippen LogP contribution in [0.4, 0.5) is 0 Å². The first-order valence-corrected chi connectivity index (χ1v) is 7.41. The second-order valence-corrected chi connectivity index (χ2v) is 5.27. The highest BCUT2D eigenvalue weighted by molar-refractivity contribution is 7.98. The zero-order valence-corrected chi connectivity index (χ0v) is 12.4. The molecule has 1 rings (SSSR count). The van der Waals surface area contributed by atoms with Gasteiger partial charge in [0.2, 0.25) is 0 Å². The van der Waals surface area contributed by atoms with Crippen molar-refractivity contribution in [3.05, 3.63) is 40.3 Å². The molecule has 0 aliphatic carbocycles. The topological polar surface area (TPSA) is 98.1 Å².